The third-order valence-electron chi connectivity index (χ3n) is 6.67. The van der Waals surface area contributed by atoms with Crippen molar-refractivity contribution in [3.8, 4) is 0 Å². The van der Waals surface area contributed by atoms with Crippen molar-refractivity contribution < 1.29 is 28.6 Å². The molecule has 0 bridgehead atoms. The lowest BCUT2D eigenvalue weighted by Crippen LogP contribution is -2.32. The summed E-state index contributed by atoms with van der Waals surface area (Å²) in [5.41, 5.74) is 3.49. The SMILES string of the molecule is COP(=O)(OC)c1cccc(Cn2c(C(=O)O)cc3cc(C[C@@H](C)NC[C@@H](O)c4cccc(Cl)c4)ccc32)c1. The summed E-state index contributed by atoms with van der Waals surface area (Å²) in [5, 5.41) is 25.5. The second-order valence-corrected chi connectivity index (χ2v) is 12.1. The Labute approximate surface area is 232 Å². The molecule has 0 saturated heterocycles. The molecule has 1 heterocycles. The predicted molar refractivity (Wildman–Crippen MR) is 153 cm³/mol. The minimum Gasteiger partial charge on any atom is -0.477 e. The van der Waals surface area contributed by atoms with E-state index in [1.165, 1.54) is 14.2 Å². The van der Waals surface area contributed by atoms with E-state index >= 15 is 0 Å². The molecule has 0 unspecified atom stereocenters. The van der Waals surface area contributed by atoms with E-state index in [9.17, 15) is 19.6 Å². The number of hydrogen-bond acceptors (Lipinski definition) is 6. The topological polar surface area (TPSA) is 110 Å². The summed E-state index contributed by atoms with van der Waals surface area (Å²) in [7, 11) is -0.779. The van der Waals surface area contributed by atoms with Gasteiger partial charge in [-0.2, -0.15) is 0 Å². The average molecular weight is 571 g/mol. The number of halogens is 1. The number of carbonyl (C=O) groups is 1. The Morgan fingerprint density at radius 2 is 1.77 bits per heavy atom. The molecule has 0 radical (unpaired) electrons. The maximum absolute atomic E-state index is 12.8. The number of benzene rings is 3. The fourth-order valence-corrected chi connectivity index (χ4v) is 6.02. The summed E-state index contributed by atoms with van der Waals surface area (Å²) < 4.78 is 24.8. The van der Waals surface area contributed by atoms with E-state index in [-0.39, 0.29) is 18.3 Å². The minimum absolute atomic E-state index is 0.0670. The lowest BCUT2D eigenvalue weighted by Gasteiger charge is -2.18. The molecule has 0 fully saturated rings. The largest absolute Gasteiger partial charge is 0.477 e. The molecule has 10 heteroatoms. The molecule has 0 aliphatic carbocycles. The smallest absolute Gasteiger partial charge is 0.360 e. The lowest BCUT2D eigenvalue weighted by molar-refractivity contribution is 0.0686. The van der Waals surface area contributed by atoms with Crippen LogP contribution in [0.15, 0.2) is 72.8 Å². The molecule has 4 rings (SSSR count). The Morgan fingerprint density at radius 3 is 2.46 bits per heavy atom. The average Bonchev–Trinajstić information content (AvgIpc) is 3.29. The van der Waals surface area contributed by atoms with Gasteiger partial charge in [0.1, 0.15) is 5.69 Å². The van der Waals surface area contributed by atoms with Crippen LogP contribution in [0.1, 0.15) is 40.2 Å². The fourth-order valence-electron chi connectivity index (χ4n) is 4.66. The molecule has 2 atom stereocenters. The Kier molecular flexibility index (Phi) is 9.28. The van der Waals surface area contributed by atoms with E-state index in [1.54, 1.807) is 41.0 Å². The number of carboxylic acids is 1. The number of fused-ring (bicyclic) bond motifs is 1. The van der Waals surface area contributed by atoms with Gasteiger partial charge in [0.05, 0.1) is 11.4 Å². The van der Waals surface area contributed by atoms with Crippen LogP contribution in [0.2, 0.25) is 5.02 Å². The second-order valence-electron chi connectivity index (χ2n) is 9.43. The van der Waals surface area contributed by atoms with Crippen molar-refractivity contribution in [1.29, 1.82) is 0 Å². The third kappa shape index (κ3) is 6.79. The van der Waals surface area contributed by atoms with Crippen molar-refractivity contribution >= 4 is 41.4 Å². The molecular weight excluding hydrogens is 539 g/mol. The van der Waals surface area contributed by atoms with Gasteiger partial charge in [0, 0.05) is 49.3 Å². The van der Waals surface area contributed by atoms with E-state index in [0.29, 0.717) is 23.3 Å². The van der Waals surface area contributed by atoms with E-state index in [0.717, 1.165) is 27.6 Å². The summed E-state index contributed by atoms with van der Waals surface area (Å²) >= 11 is 6.03. The van der Waals surface area contributed by atoms with Crippen molar-refractivity contribution in [2.24, 2.45) is 0 Å². The molecule has 3 aromatic carbocycles. The van der Waals surface area contributed by atoms with Gasteiger partial charge in [0.25, 0.3) is 0 Å². The van der Waals surface area contributed by atoms with Gasteiger partial charge in [0.2, 0.25) is 0 Å². The monoisotopic (exact) mass is 570 g/mol. The standard InChI is InChI=1S/C29H32ClN2O6P/c1-19(31-17-28(33)22-7-5-8-24(30)15-22)12-20-10-11-26-23(13-20)16-27(29(34)35)32(26)18-21-6-4-9-25(14-21)39(36,37-2)38-3/h4-11,13-16,19,28,31,33H,12,17-18H2,1-3H3,(H,34,35)/t19-,28-/m1/s1. The summed E-state index contributed by atoms with van der Waals surface area (Å²) in [6.07, 6.45) is 0.0120. The maximum atomic E-state index is 12.8. The summed E-state index contributed by atoms with van der Waals surface area (Å²) in [4.78, 5) is 12.1. The van der Waals surface area contributed by atoms with Gasteiger partial charge >= 0.3 is 13.6 Å². The molecule has 0 saturated carbocycles. The Balaban J connectivity index is 1.52. The zero-order chi connectivity index (χ0) is 28.2. The molecule has 0 aliphatic rings. The Morgan fingerprint density at radius 1 is 1.03 bits per heavy atom. The molecule has 39 heavy (non-hydrogen) atoms. The van der Waals surface area contributed by atoms with Crippen molar-refractivity contribution in [1.82, 2.24) is 9.88 Å². The van der Waals surface area contributed by atoms with Gasteiger partial charge in [-0.1, -0.05) is 41.9 Å². The van der Waals surface area contributed by atoms with Crippen molar-refractivity contribution in [3.63, 3.8) is 0 Å². The number of aliphatic hydroxyl groups is 1. The second kappa shape index (κ2) is 12.5. The maximum Gasteiger partial charge on any atom is 0.360 e. The van der Waals surface area contributed by atoms with Gasteiger partial charge in [-0.15, -0.1) is 0 Å². The fraction of sp³-hybridized carbons (Fsp3) is 0.276. The first-order valence-corrected chi connectivity index (χ1v) is 14.4. The molecule has 3 N–H and O–H groups in total. The number of aromatic nitrogens is 1. The highest BCUT2D eigenvalue weighted by Crippen LogP contribution is 2.45. The van der Waals surface area contributed by atoms with Crippen LogP contribution in [0.25, 0.3) is 10.9 Å². The molecule has 4 aromatic rings. The van der Waals surface area contributed by atoms with Crippen LogP contribution in [-0.2, 0) is 26.6 Å². The predicted octanol–water partition coefficient (Wildman–Crippen LogP) is 5.41. The molecular formula is C29H32ClN2O6P. The van der Waals surface area contributed by atoms with Gasteiger partial charge in [-0.25, -0.2) is 4.79 Å². The molecule has 206 valence electrons. The number of rotatable bonds is 12. The quantitative estimate of drug-likeness (QED) is 0.195. The highest BCUT2D eigenvalue weighted by Gasteiger charge is 2.25. The van der Waals surface area contributed by atoms with E-state index < -0.39 is 19.7 Å². The first-order chi connectivity index (χ1) is 18.6. The Hall–Kier alpha value is -2.97. The highest BCUT2D eigenvalue weighted by molar-refractivity contribution is 7.62. The van der Waals surface area contributed by atoms with Crippen molar-refractivity contribution in [2.45, 2.75) is 32.0 Å². The normalized spacial score (nSPS) is 13.5. The lowest BCUT2D eigenvalue weighted by atomic mass is 10.0. The van der Waals surface area contributed by atoms with Crippen LogP contribution in [-0.4, -0.2) is 47.6 Å². The van der Waals surface area contributed by atoms with Crippen molar-refractivity contribution in [3.05, 3.63) is 100 Å². The minimum atomic E-state index is -3.43. The zero-order valence-electron chi connectivity index (χ0n) is 22.0. The number of nitrogens with one attached hydrogen (secondary N) is 1. The number of aromatic carboxylic acids is 1. The van der Waals surface area contributed by atoms with Gasteiger partial charge in [-0.05, 0) is 72.5 Å². The molecule has 0 spiro atoms. The zero-order valence-corrected chi connectivity index (χ0v) is 23.7. The summed E-state index contributed by atoms with van der Waals surface area (Å²) in [6.45, 7) is 2.68. The highest BCUT2D eigenvalue weighted by atomic mass is 35.5. The van der Waals surface area contributed by atoms with Crippen LogP contribution < -0.4 is 10.6 Å². The summed E-state index contributed by atoms with van der Waals surface area (Å²) in [5.74, 6) is -1.03. The summed E-state index contributed by atoms with van der Waals surface area (Å²) in [6, 6.07) is 21.8. The van der Waals surface area contributed by atoms with Gasteiger partial charge in [-0.3, -0.25) is 4.57 Å². The molecule has 0 aliphatic heterocycles. The molecule has 1 aromatic heterocycles. The number of carboxylic acid groups (broad SMARTS) is 1. The van der Waals surface area contributed by atoms with Gasteiger partial charge in [0.15, 0.2) is 0 Å². The van der Waals surface area contributed by atoms with Crippen LogP contribution in [0, 0.1) is 0 Å². The number of aliphatic hydroxyl groups excluding tert-OH is 1. The molecule has 8 nitrogen and oxygen atoms in total. The molecule has 0 amide bonds. The van der Waals surface area contributed by atoms with Gasteiger partial charge < -0.3 is 29.1 Å². The third-order valence-corrected chi connectivity index (χ3v) is 8.78. The van der Waals surface area contributed by atoms with E-state index in [2.05, 4.69) is 5.32 Å². The Bertz CT molecular complexity index is 1510. The van der Waals surface area contributed by atoms with Crippen LogP contribution in [0.4, 0.5) is 0 Å². The first-order valence-electron chi connectivity index (χ1n) is 12.5. The van der Waals surface area contributed by atoms with Crippen LogP contribution in [0.3, 0.4) is 0 Å². The van der Waals surface area contributed by atoms with E-state index in [4.69, 9.17) is 20.6 Å². The van der Waals surface area contributed by atoms with Crippen LogP contribution in [0.5, 0.6) is 0 Å². The van der Waals surface area contributed by atoms with E-state index in [1.807, 2.05) is 43.3 Å². The van der Waals surface area contributed by atoms with Crippen LogP contribution >= 0.6 is 19.2 Å². The van der Waals surface area contributed by atoms with Crippen molar-refractivity contribution in [2.75, 3.05) is 20.8 Å². The first kappa shape index (κ1) is 29.0. The number of hydrogen-bond donors (Lipinski definition) is 3. The number of nitrogens with zero attached hydrogens (tertiary/aromatic N) is 1.